The first-order valence-electron chi connectivity index (χ1n) is 10.0. The van der Waals surface area contributed by atoms with Crippen molar-refractivity contribution in [1.29, 1.82) is 0 Å². The number of hydrazone groups is 1. The fourth-order valence-corrected chi connectivity index (χ4v) is 4.63. The van der Waals surface area contributed by atoms with Crippen molar-refractivity contribution in [2.75, 3.05) is 0 Å². The van der Waals surface area contributed by atoms with Crippen LogP contribution in [-0.4, -0.2) is 28.2 Å². The topological polar surface area (TPSA) is 116 Å². The van der Waals surface area contributed by atoms with Crippen LogP contribution in [0.2, 0.25) is 0 Å². The molecular formula is C24H17Br2N5O3. The standard InChI is InChI=1S/C24H17Br2N5O3/c25-16-10-14(11-17(26)12-16)13-27-30-24(34)21(28-22(32)15-6-2-1-3-7-15)20-18-8-4-5-9-19(18)23(33)31-29-20/h1-13,21H,(H,28,32)(H,30,34)(H,31,33)/b27-13+. The van der Waals surface area contributed by atoms with E-state index >= 15 is 0 Å². The molecule has 1 unspecified atom stereocenters. The number of hydrogen-bond acceptors (Lipinski definition) is 5. The highest BCUT2D eigenvalue weighted by atomic mass is 79.9. The lowest BCUT2D eigenvalue weighted by atomic mass is 10.0. The van der Waals surface area contributed by atoms with Crippen LogP contribution in [0, 0.1) is 0 Å². The Morgan fingerprint density at radius 1 is 0.941 bits per heavy atom. The molecule has 8 nitrogen and oxygen atoms in total. The molecule has 0 spiro atoms. The van der Waals surface area contributed by atoms with E-state index in [-0.39, 0.29) is 5.69 Å². The van der Waals surface area contributed by atoms with Crippen molar-refractivity contribution in [2.45, 2.75) is 6.04 Å². The van der Waals surface area contributed by atoms with Crippen LogP contribution in [0.5, 0.6) is 0 Å². The highest BCUT2D eigenvalue weighted by Gasteiger charge is 2.27. The normalized spacial score (nSPS) is 11.9. The number of aromatic amines is 1. The van der Waals surface area contributed by atoms with E-state index in [4.69, 9.17) is 0 Å². The molecule has 0 aliphatic carbocycles. The lowest BCUT2D eigenvalue weighted by Gasteiger charge is -2.18. The summed E-state index contributed by atoms with van der Waals surface area (Å²) in [6, 6.07) is 19.5. The minimum atomic E-state index is -1.22. The van der Waals surface area contributed by atoms with Gasteiger partial charge in [0.1, 0.15) is 5.69 Å². The number of fused-ring (bicyclic) bond motifs is 1. The van der Waals surface area contributed by atoms with Gasteiger partial charge in [-0.3, -0.25) is 14.4 Å². The van der Waals surface area contributed by atoms with E-state index in [0.717, 1.165) is 14.5 Å². The van der Waals surface area contributed by atoms with Crippen LogP contribution in [0.15, 0.2) is 91.6 Å². The maximum absolute atomic E-state index is 13.2. The molecule has 1 aromatic heterocycles. The van der Waals surface area contributed by atoms with Crippen LogP contribution >= 0.6 is 31.9 Å². The smallest absolute Gasteiger partial charge is 0.272 e. The van der Waals surface area contributed by atoms with Crippen LogP contribution in [0.3, 0.4) is 0 Å². The Hall–Kier alpha value is -3.63. The van der Waals surface area contributed by atoms with E-state index in [1.54, 1.807) is 54.6 Å². The Morgan fingerprint density at radius 2 is 1.59 bits per heavy atom. The third-order valence-corrected chi connectivity index (χ3v) is 5.76. The number of nitrogens with one attached hydrogen (secondary N) is 3. The maximum atomic E-state index is 13.2. The van der Waals surface area contributed by atoms with Crippen LogP contribution in [-0.2, 0) is 4.79 Å². The number of carbonyl (C=O) groups is 2. The molecule has 0 saturated carbocycles. The van der Waals surface area contributed by atoms with Gasteiger partial charge in [-0.2, -0.15) is 10.2 Å². The Morgan fingerprint density at radius 3 is 2.29 bits per heavy atom. The van der Waals surface area contributed by atoms with Gasteiger partial charge in [-0.05, 0) is 42.0 Å². The monoisotopic (exact) mass is 581 g/mol. The quantitative estimate of drug-likeness (QED) is 0.235. The second-order valence-electron chi connectivity index (χ2n) is 7.19. The first-order valence-corrected chi connectivity index (χ1v) is 11.6. The van der Waals surface area contributed by atoms with Gasteiger partial charge in [0.15, 0.2) is 6.04 Å². The molecule has 0 bridgehead atoms. The number of amides is 2. The first kappa shape index (κ1) is 23.5. The van der Waals surface area contributed by atoms with Gasteiger partial charge in [0.2, 0.25) is 0 Å². The molecule has 0 aliphatic rings. The van der Waals surface area contributed by atoms with Gasteiger partial charge in [0.25, 0.3) is 17.4 Å². The summed E-state index contributed by atoms with van der Waals surface area (Å²) in [5, 5.41) is 14.0. The summed E-state index contributed by atoms with van der Waals surface area (Å²) < 4.78 is 1.68. The Bertz CT molecular complexity index is 1430. The molecule has 170 valence electrons. The van der Waals surface area contributed by atoms with Crippen LogP contribution < -0.4 is 16.3 Å². The molecule has 0 aliphatic heterocycles. The van der Waals surface area contributed by atoms with Crippen LogP contribution in [0.4, 0.5) is 0 Å². The van der Waals surface area contributed by atoms with E-state index in [9.17, 15) is 14.4 Å². The Balaban J connectivity index is 1.67. The zero-order chi connectivity index (χ0) is 24.1. The Kier molecular flexibility index (Phi) is 7.29. The number of benzene rings is 3. The fourth-order valence-electron chi connectivity index (χ4n) is 3.30. The summed E-state index contributed by atoms with van der Waals surface area (Å²) in [6.07, 6.45) is 1.47. The molecule has 1 heterocycles. The molecule has 3 N–H and O–H groups in total. The molecule has 0 saturated heterocycles. The molecule has 4 rings (SSSR count). The summed E-state index contributed by atoms with van der Waals surface area (Å²) in [4.78, 5) is 38.3. The van der Waals surface area contributed by atoms with Crippen molar-refractivity contribution in [1.82, 2.24) is 20.9 Å². The molecule has 4 aromatic rings. The van der Waals surface area contributed by atoms with Crippen molar-refractivity contribution in [2.24, 2.45) is 5.10 Å². The minimum absolute atomic E-state index is 0.192. The van der Waals surface area contributed by atoms with Gasteiger partial charge in [0.05, 0.1) is 11.6 Å². The van der Waals surface area contributed by atoms with Crippen molar-refractivity contribution >= 4 is 60.7 Å². The van der Waals surface area contributed by atoms with Crippen molar-refractivity contribution < 1.29 is 9.59 Å². The van der Waals surface area contributed by atoms with E-state index in [1.165, 1.54) is 6.21 Å². The molecular weight excluding hydrogens is 566 g/mol. The van der Waals surface area contributed by atoms with E-state index in [2.05, 4.69) is 57.9 Å². The minimum Gasteiger partial charge on any atom is -0.335 e. The summed E-state index contributed by atoms with van der Waals surface area (Å²) in [7, 11) is 0. The van der Waals surface area contributed by atoms with E-state index in [1.807, 2.05) is 18.2 Å². The summed E-state index contributed by atoms with van der Waals surface area (Å²) >= 11 is 6.80. The number of nitrogens with zero attached hydrogens (tertiary/aromatic N) is 2. The lowest BCUT2D eigenvalue weighted by molar-refractivity contribution is -0.123. The number of H-pyrrole nitrogens is 1. The number of carbonyl (C=O) groups excluding carboxylic acids is 2. The molecule has 0 fully saturated rings. The summed E-state index contributed by atoms with van der Waals surface area (Å²) in [6.45, 7) is 0. The number of rotatable bonds is 6. The Labute approximate surface area is 210 Å². The highest BCUT2D eigenvalue weighted by molar-refractivity contribution is 9.11. The average molecular weight is 583 g/mol. The zero-order valence-corrected chi connectivity index (χ0v) is 20.6. The predicted molar refractivity (Wildman–Crippen MR) is 137 cm³/mol. The molecule has 0 radical (unpaired) electrons. The third-order valence-electron chi connectivity index (χ3n) is 4.85. The van der Waals surface area contributed by atoms with Gasteiger partial charge < -0.3 is 5.32 Å². The molecule has 2 amide bonds. The van der Waals surface area contributed by atoms with Crippen molar-refractivity contribution in [3.05, 3.63) is 109 Å². The lowest BCUT2D eigenvalue weighted by Crippen LogP contribution is -2.40. The van der Waals surface area contributed by atoms with Crippen molar-refractivity contribution in [3.8, 4) is 0 Å². The highest BCUT2D eigenvalue weighted by Crippen LogP contribution is 2.21. The molecule has 1 atom stereocenters. The second-order valence-corrected chi connectivity index (χ2v) is 9.02. The second kappa shape index (κ2) is 10.5. The van der Waals surface area contributed by atoms with Crippen LogP contribution in [0.25, 0.3) is 10.8 Å². The number of aromatic nitrogens is 2. The zero-order valence-electron chi connectivity index (χ0n) is 17.5. The van der Waals surface area contributed by atoms with Gasteiger partial charge in [0, 0.05) is 19.9 Å². The van der Waals surface area contributed by atoms with E-state index in [0.29, 0.717) is 16.3 Å². The first-order chi connectivity index (χ1) is 16.4. The SMILES string of the molecule is O=C(NC(C(=O)N/N=C/c1cc(Br)cc(Br)c1)c1n[nH]c(=O)c2ccccc12)c1ccccc1. The third kappa shape index (κ3) is 5.46. The largest absolute Gasteiger partial charge is 0.335 e. The summed E-state index contributed by atoms with van der Waals surface area (Å²) in [5.74, 6) is -1.10. The summed E-state index contributed by atoms with van der Waals surface area (Å²) in [5.41, 5.74) is 3.36. The van der Waals surface area contributed by atoms with Gasteiger partial charge in [-0.15, -0.1) is 0 Å². The molecule has 34 heavy (non-hydrogen) atoms. The number of halogens is 2. The average Bonchev–Trinajstić information content (AvgIpc) is 2.83. The maximum Gasteiger partial charge on any atom is 0.272 e. The van der Waals surface area contributed by atoms with Gasteiger partial charge in [-0.25, -0.2) is 10.5 Å². The molecule has 10 heteroatoms. The fraction of sp³-hybridized carbons (Fsp3) is 0.0417. The van der Waals surface area contributed by atoms with Gasteiger partial charge in [-0.1, -0.05) is 68.3 Å². The van der Waals surface area contributed by atoms with Crippen molar-refractivity contribution in [3.63, 3.8) is 0 Å². The van der Waals surface area contributed by atoms with E-state index < -0.39 is 23.4 Å². The molecule has 3 aromatic carbocycles. The predicted octanol–water partition coefficient (Wildman–Crippen LogP) is 4.07. The number of hydrogen-bond donors (Lipinski definition) is 3. The van der Waals surface area contributed by atoms with Crippen LogP contribution in [0.1, 0.15) is 27.7 Å². The van der Waals surface area contributed by atoms with Gasteiger partial charge >= 0.3 is 0 Å².